The number of allylic oxidation sites excluding steroid dienone is 1. The third-order valence-corrected chi connectivity index (χ3v) is 6.25. The average Bonchev–Trinajstić information content (AvgIpc) is 3.18. The predicted octanol–water partition coefficient (Wildman–Crippen LogP) is 4.23. The summed E-state index contributed by atoms with van der Waals surface area (Å²) in [6.07, 6.45) is 1.70. The third-order valence-electron chi connectivity index (χ3n) is 6.25. The number of hydrogen-bond donors (Lipinski definition) is 1. The number of ether oxygens (including phenoxy) is 5. The Balaban J connectivity index is 1.41. The summed E-state index contributed by atoms with van der Waals surface area (Å²) in [7, 11) is 1.45. The Bertz CT molecular complexity index is 1420. The highest BCUT2D eigenvalue weighted by Crippen LogP contribution is 2.49. The van der Waals surface area contributed by atoms with Crippen molar-refractivity contribution in [2.24, 2.45) is 0 Å². The second-order valence-electron chi connectivity index (χ2n) is 8.36. The molecule has 176 valence electrons. The van der Waals surface area contributed by atoms with Gasteiger partial charge in [-0.25, -0.2) is 0 Å². The van der Waals surface area contributed by atoms with Crippen molar-refractivity contribution >= 4 is 17.8 Å². The first-order valence-corrected chi connectivity index (χ1v) is 11.1. The van der Waals surface area contributed by atoms with Gasteiger partial charge >= 0.3 is 5.97 Å². The molecule has 1 N–H and O–H groups in total. The van der Waals surface area contributed by atoms with Crippen LogP contribution in [0, 0.1) is 0 Å². The smallest absolute Gasteiger partial charge is 0.312 e. The quantitative estimate of drug-likeness (QED) is 0.343. The topological polar surface area (TPSA) is 101 Å². The molecule has 8 heteroatoms. The number of methoxy groups -OCH3 is 1. The Kier molecular flexibility index (Phi) is 4.88. The van der Waals surface area contributed by atoms with Crippen LogP contribution in [-0.4, -0.2) is 37.2 Å². The van der Waals surface area contributed by atoms with E-state index in [-0.39, 0.29) is 29.5 Å². The van der Waals surface area contributed by atoms with E-state index in [2.05, 4.69) is 0 Å². The Morgan fingerprint density at radius 1 is 0.943 bits per heavy atom. The number of hydrogen-bond acceptors (Lipinski definition) is 8. The minimum atomic E-state index is -0.447. The molecule has 3 aliphatic heterocycles. The van der Waals surface area contributed by atoms with Crippen LogP contribution in [0.25, 0.3) is 6.08 Å². The molecule has 8 nitrogen and oxygen atoms in total. The Hall–Kier alpha value is -4.46. The van der Waals surface area contributed by atoms with Gasteiger partial charge in [0.05, 0.1) is 19.1 Å². The van der Waals surface area contributed by atoms with E-state index in [9.17, 15) is 14.7 Å². The summed E-state index contributed by atoms with van der Waals surface area (Å²) in [5.74, 6) is 1.29. The fraction of sp³-hybridized carbons (Fsp3) is 0.185. The average molecular weight is 472 g/mol. The lowest BCUT2D eigenvalue weighted by atomic mass is 9.84. The molecule has 3 aromatic rings. The molecule has 3 aromatic carbocycles. The van der Waals surface area contributed by atoms with E-state index in [1.807, 2.05) is 6.07 Å². The molecule has 35 heavy (non-hydrogen) atoms. The monoisotopic (exact) mass is 472 g/mol. The van der Waals surface area contributed by atoms with Gasteiger partial charge in [-0.1, -0.05) is 12.1 Å². The second-order valence-corrected chi connectivity index (χ2v) is 8.36. The van der Waals surface area contributed by atoms with Gasteiger partial charge in [0.1, 0.15) is 24.7 Å². The van der Waals surface area contributed by atoms with Gasteiger partial charge in [-0.15, -0.1) is 0 Å². The van der Waals surface area contributed by atoms with E-state index in [4.69, 9.17) is 23.7 Å². The first kappa shape index (κ1) is 21.1. The Labute approximate surface area is 200 Å². The minimum absolute atomic E-state index is 0.00998. The van der Waals surface area contributed by atoms with E-state index in [0.717, 1.165) is 11.1 Å². The lowest BCUT2D eigenvalue weighted by Gasteiger charge is -2.26. The molecule has 0 saturated carbocycles. The van der Waals surface area contributed by atoms with Crippen molar-refractivity contribution in [3.63, 3.8) is 0 Å². The van der Waals surface area contributed by atoms with Crippen molar-refractivity contribution in [2.45, 2.75) is 12.3 Å². The molecule has 0 fully saturated rings. The van der Waals surface area contributed by atoms with Gasteiger partial charge in [0, 0.05) is 11.5 Å². The molecule has 1 atom stereocenters. The number of phenols is 1. The summed E-state index contributed by atoms with van der Waals surface area (Å²) in [6, 6.07) is 13.5. The van der Waals surface area contributed by atoms with E-state index >= 15 is 0 Å². The molecular weight excluding hydrogens is 452 g/mol. The molecule has 0 aliphatic carbocycles. The molecule has 0 saturated heterocycles. The molecule has 3 heterocycles. The van der Waals surface area contributed by atoms with Gasteiger partial charge in [0.25, 0.3) is 0 Å². The lowest BCUT2D eigenvalue weighted by Crippen LogP contribution is -2.21. The highest BCUT2D eigenvalue weighted by Gasteiger charge is 2.38. The van der Waals surface area contributed by atoms with E-state index in [1.54, 1.807) is 42.5 Å². The molecule has 6 rings (SSSR count). The molecule has 0 amide bonds. The van der Waals surface area contributed by atoms with Gasteiger partial charge in [-0.05, 0) is 53.6 Å². The zero-order chi connectivity index (χ0) is 24.1. The number of esters is 1. The molecule has 0 spiro atoms. The van der Waals surface area contributed by atoms with Crippen molar-refractivity contribution in [1.29, 1.82) is 0 Å². The number of phenolic OH excluding ortho intramolecular Hbond substituents is 1. The van der Waals surface area contributed by atoms with E-state index in [1.165, 1.54) is 13.2 Å². The van der Waals surface area contributed by atoms with Crippen molar-refractivity contribution < 1.29 is 38.4 Å². The standard InChI is InChI=1S/C27H20O8/c1-31-21-12-15(3-5-18(21)28)17-13-24(29)34-20-7-4-16-26(30)23(35-27(16)25(17)20)11-14-2-6-19-22(10-14)33-9-8-32-19/h2-7,10-12,17,28H,8-9,13H2,1H3/b23-11-/t17-/m1/s1. The van der Waals surface area contributed by atoms with Crippen LogP contribution in [0.3, 0.4) is 0 Å². The molecular formula is C27H20O8. The Morgan fingerprint density at radius 2 is 1.74 bits per heavy atom. The van der Waals surface area contributed by atoms with Crippen LogP contribution >= 0.6 is 0 Å². The third kappa shape index (κ3) is 3.54. The van der Waals surface area contributed by atoms with E-state index < -0.39 is 11.9 Å². The number of aromatic hydroxyl groups is 1. The molecule has 0 unspecified atom stereocenters. The normalized spacial score (nSPS) is 19.0. The van der Waals surface area contributed by atoms with Crippen LogP contribution in [0.4, 0.5) is 0 Å². The second kappa shape index (κ2) is 8.09. The summed E-state index contributed by atoms with van der Waals surface area (Å²) in [6.45, 7) is 0.955. The van der Waals surface area contributed by atoms with Crippen LogP contribution in [0.1, 0.15) is 39.4 Å². The molecule has 0 aromatic heterocycles. The zero-order valence-corrected chi connectivity index (χ0v) is 18.7. The molecule has 0 bridgehead atoms. The van der Waals surface area contributed by atoms with Gasteiger partial charge < -0.3 is 28.8 Å². The number of rotatable bonds is 3. The summed E-state index contributed by atoms with van der Waals surface area (Å²) >= 11 is 0. The van der Waals surface area contributed by atoms with Crippen molar-refractivity contribution in [1.82, 2.24) is 0 Å². The first-order valence-electron chi connectivity index (χ1n) is 11.1. The van der Waals surface area contributed by atoms with Crippen LogP contribution in [0.5, 0.6) is 34.5 Å². The maximum Gasteiger partial charge on any atom is 0.312 e. The predicted molar refractivity (Wildman–Crippen MR) is 124 cm³/mol. The highest BCUT2D eigenvalue weighted by atomic mass is 16.6. The van der Waals surface area contributed by atoms with Crippen molar-refractivity contribution in [3.05, 3.63) is 76.5 Å². The minimum Gasteiger partial charge on any atom is -0.504 e. The van der Waals surface area contributed by atoms with Crippen molar-refractivity contribution in [3.8, 4) is 34.5 Å². The number of carbonyl (C=O) groups is 2. The maximum absolute atomic E-state index is 13.2. The number of Topliss-reactive ketones (excluding diaryl/α,β-unsaturated/α-hetero) is 1. The maximum atomic E-state index is 13.2. The van der Waals surface area contributed by atoms with Crippen LogP contribution in [0.15, 0.2) is 54.3 Å². The SMILES string of the molecule is COc1cc([C@H]2CC(=O)Oc3ccc4c(c32)O/C(=C\c2ccc3c(c2)OCCO3)C4=O)ccc1O. The Morgan fingerprint density at radius 3 is 2.57 bits per heavy atom. The number of ketones is 1. The highest BCUT2D eigenvalue weighted by molar-refractivity contribution is 6.15. The summed E-state index contributed by atoms with van der Waals surface area (Å²) in [4.78, 5) is 25.6. The van der Waals surface area contributed by atoms with Gasteiger partial charge in [-0.2, -0.15) is 0 Å². The summed E-state index contributed by atoms with van der Waals surface area (Å²) in [5, 5.41) is 10.0. The largest absolute Gasteiger partial charge is 0.504 e. The summed E-state index contributed by atoms with van der Waals surface area (Å²) in [5.41, 5.74) is 2.45. The van der Waals surface area contributed by atoms with Crippen LogP contribution in [0.2, 0.25) is 0 Å². The fourth-order valence-corrected chi connectivity index (χ4v) is 4.60. The number of benzene rings is 3. The van der Waals surface area contributed by atoms with E-state index in [0.29, 0.717) is 47.3 Å². The van der Waals surface area contributed by atoms with Gasteiger partial charge in [0.2, 0.25) is 5.78 Å². The van der Waals surface area contributed by atoms with Gasteiger partial charge in [-0.3, -0.25) is 9.59 Å². The number of carbonyl (C=O) groups excluding carboxylic acids is 2. The van der Waals surface area contributed by atoms with Crippen LogP contribution < -0.4 is 23.7 Å². The van der Waals surface area contributed by atoms with Gasteiger partial charge in [0.15, 0.2) is 28.8 Å². The van der Waals surface area contributed by atoms with Crippen molar-refractivity contribution in [2.75, 3.05) is 20.3 Å². The fourth-order valence-electron chi connectivity index (χ4n) is 4.60. The molecule has 3 aliphatic rings. The zero-order valence-electron chi connectivity index (χ0n) is 18.7. The van der Waals surface area contributed by atoms with Crippen LogP contribution in [-0.2, 0) is 4.79 Å². The lowest BCUT2D eigenvalue weighted by molar-refractivity contribution is -0.135. The number of fused-ring (bicyclic) bond motifs is 4. The molecule has 0 radical (unpaired) electrons. The first-order chi connectivity index (χ1) is 17.0. The summed E-state index contributed by atoms with van der Waals surface area (Å²) < 4.78 is 28.0.